The number of nitrogens with one attached hydrogen (secondary N) is 1. The first kappa shape index (κ1) is 26.5. The zero-order chi connectivity index (χ0) is 26.4. The lowest BCUT2D eigenvalue weighted by molar-refractivity contribution is -0.137. The highest BCUT2D eigenvalue weighted by Gasteiger charge is 2.23. The van der Waals surface area contributed by atoms with Gasteiger partial charge in [-0.3, -0.25) is 9.69 Å². The molecule has 0 bridgehead atoms. The van der Waals surface area contributed by atoms with E-state index in [-0.39, 0.29) is 18.6 Å². The predicted molar refractivity (Wildman–Crippen MR) is 145 cm³/mol. The van der Waals surface area contributed by atoms with Crippen LogP contribution < -0.4 is 5.48 Å². The Labute approximate surface area is 218 Å². The van der Waals surface area contributed by atoms with Crippen LogP contribution in [0.2, 0.25) is 0 Å². The summed E-state index contributed by atoms with van der Waals surface area (Å²) in [4.78, 5) is 23.8. The molecular formula is C30H35N3O4. The molecular weight excluding hydrogens is 466 g/mol. The minimum Gasteiger partial charge on any atom is -0.481 e. The van der Waals surface area contributed by atoms with E-state index in [4.69, 9.17) is 19.7 Å². The Morgan fingerprint density at radius 1 is 1.11 bits per heavy atom. The van der Waals surface area contributed by atoms with E-state index in [1.165, 1.54) is 11.1 Å². The lowest BCUT2D eigenvalue weighted by atomic mass is 9.94. The first-order valence-electron chi connectivity index (χ1n) is 12.6. The molecule has 37 heavy (non-hydrogen) atoms. The molecule has 2 N–H and O–H groups in total. The van der Waals surface area contributed by atoms with Gasteiger partial charge in [-0.1, -0.05) is 54.6 Å². The number of nitrogens with zero attached hydrogens (tertiary/aromatic N) is 2. The van der Waals surface area contributed by atoms with Gasteiger partial charge in [0.05, 0.1) is 13.0 Å². The average Bonchev–Trinajstić information content (AvgIpc) is 3.38. The molecule has 194 valence electrons. The maximum Gasteiger partial charge on any atom is 0.304 e. The molecule has 4 rings (SSSR count). The fraction of sp³-hybridized carbons (Fsp3) is 0.333. The van der Waals surface area contributed by atoms with Crippen molar-refractivity contribution >= 4 is 11.9 Å². The van der Waals surface area contributed by atoms with E-state index >= 15 is 0 Å². The molecule has 0 aromatic heterocycles. The van der Waals surface area contributed by atoms with Crippen LogP contribution in [-0.2, 0) is 27.5 Å². The number of rotatable bonds is 11. The molecule has 7 nitrogen and oxygen atoms in total. The quantitative estimate of drug-likeness (QED) is 0.362. The smallest absolute Gasteiger partial charge is 0.304 e. The van der Waals surface area contributed by atoms with E-state index in [9.17, 15) is 4.79 Å². The predicted octanol–water partition coefficient (Wildman–Crippen LogP) is 5.47. The van der Waals surface area contributed by atoms with E-state index in [1.54, 1.807) is 7.11 Å². The van der Waals surface area contributed by atoms with Gasteiger partial charge in [-0.05, 0) is 66.3 Å². The maximum atomic E-state index is 11.0. The number of methoxy groups -OCH3 is 1. The molecule has 1 unspecified atom stereocenters. The third kappa shape index (κ3) is 6.63. The number of hydrogen-bond acceptors (Lipinski definition) is 6. The number of aliphatic imine (C=N–C) groups is 1. The zero-order valence-corrected chi connectivity index (χ0v) is 21.9. The fourth-order valence-electron chi connectivity index (χ4n) is 4.55. The highest BCUT2D eigenvalue weighted by atomic mass is 16.7. The average molecular weight is 502 g/mol. The summed E-state index contributed by atoms with van der Waals surface area (Å²) in [5.41, 5.74) is 10.6. The summed E-state index contributed by atoms with van der Waals surface area (Å²) >= 11 is 0. The second-order valence-electron chi connectivity index (χ2n) is 9.63. The Hall–Kier alpha value is -3.52. The Bertz CT molecular complexity index is 1270. The number of carboxylic acids is 1. The van der Waals surface area contributed by atoms with Gasteiger partial charge in [0.25, 0.3) is 0 Å². The first-order valence-corrected chi connectivity index (χ1v) is 12.6. The largest absolute Gasteiger partial charge is 0.481 e. The van der Waals surface area contributed by atoms with Gasteiger partial charge in [-0.2, -0.15) is 0 Å². The molecule has 7 heteroatoms. The van der Waals surface area contributed by atoms with Gasteiger partial charge in [0.15, 0.2) is 6.17 Å². The van der Waals surface area contributed by atoms with Gasteiger partial charge >= 0.3 is 5.97 Å². The van der Waals surface area contributed by atoms with Crippen LogP contribution in [0.1, 0.15) is 54.3 Å². The third-order valence-corrected chi connectivity index (χ3v) is 6.60. The van der Waals surface area contributed by atoms with Crippen molar-refractivity contribution in [1.29, 1.82) is 0 Å². The van der Waals surface area contributed by atoms with E-state index in [2.05, 4.69) is 67.5 Å². The van der Waals surface area contributed by atoms with Gasteiger partial charge in [0, 0.05) is 31.8 Å². The number of aryl methyl sites for hydroxylation is 1. The van der Waals surface area contributed by atoms with Crippen molar-refractivity contribution in [3.05, 3.63) is 94.5 Å². The molecule has 3 aromatic carbocycles. The van der Waals surface area contributed by atoms with Crippen LogP contribution in [0.5, 0.6) is 0 Å². The van der Waals surface area contributed by atoms with Crippen LogP contribution in [0.3, 0.4) is 0 Å². The molecule has 0 aliphatic carbocycles. The second kappa shape index (κ2) is 12.1. The van der Waals surface area contributed by atoms with Crippen LogP contribution in [0, 0.1) is 6.92 Å². The van der Waals surface area contributed by atoms with Crippen molar-refractivity contribution in [3.63, 3.8) is 0 Å². The fourth-order valence-corrected chi connectivity index (χ4v) is 4.55. The molecule has 0 saturated carbocycles. The molecule has 0 radical (unpaired) electrons. The summed E-state index contributed by atoms with van der Waals surface area (Å²) in [5.74, 6) is -0.247. The number of hydrogen-bond donors (Lipinski definition) is 2. The van der Waals surface area contributed by atoms with Crippen LogP contribution in [0.15, 0.2) is 71.7 Å². The van der Waals surface area contributed by atoms with Crippen molar-refractivity contribution in [1.82, 2.24) is 10.4 Å². The monoisotopic (exact) mass is 501 g/mol. The molecule has 0 fully saturated rings. The summed E-state index contributed by atoms with van der Waals surface area (Å²) in [6.07, 6.45) is -0.208. The molecule has 1 heterocycles. The third-order valence-electron chi connectivity index (χ3n) is 6.60. The van der Waals surface area contributed by atoms with Gasteiger partial charge in [0.2, 0.25) is 5.90 Å². The number of carbonyl (C=O) groups is 1. The summed E-state index contributed by atoms with van der Waals surface area (Å²) in [6.45, 7) is 7.93. The van der Waals surface area contributed by atoms with Gasteiger partial charge in [-0.25, -0.2) is 4.99 Å². The zero-order valence-electron chi connectivity index (χ0n) is 21.9. The number of carboxylic acid groups (broad SMARTS) is 1. The van der Waals surface area contributed by atoms with Crippen molar-refractivity contribution in [3.8, 4) is 11.1 Å². The molecule has 1 aliphatic heterocycles. The Kier molecular flexibility index (Phi) is 8.71. The highest BCUT2D eigenvalue weighted by molar-refractivity contribution is 5.96. The van der Waals surface area contributed by atoms with Crippen molar-refractivity contribution in [2.45, 2.75) is 52.6 Å². The Balaban J connectivity index is 1.55. The van der Waals surface area contributed by atoms with Crippen LogP contribution in [0.4, 0.5) is 0 Å². The van der Waals surface area contributed by atoms with Crippen LogP contribution >= 0.6 is 0 Å². The second-order valence-corrected chi connectivity index (χ2v) is 9.63. The topological polar surface area (TPSA) is 83.4 Å². The first-order chi connectivity index (χ1) is 17.9. The molecule has 0 spiro atoms. The summed E-state index contributed by atoms with van der Waals surface area (Å²) in [5, 5.41) is 9.08. The molecule has 1 aliphatic rings. The van der Waals surface area contributed by atoms with Crippen molar-refractivity contribution in [2.24, 2.45) is 4.99 Å². The standard InChI is InChI=1S/C30H35N3O4/c1-20(2)33(15-14-28(34)35)18-22-9-7-10-23(16-22)29-31-30(37-32-29)24-12-13-27(25(17-24)19-36-4)26-11-6-5-8-21(26)3/h5-13,16-17,20,29,32H,14-15,18-19H2,1-4H3,(H,34,35). The molecule has 0 amide bonds. The number of aliphatic carboxylic acids is 1. The Morgan fingerprint density at radius 3 is 2.65 bits per heavy atom. The van der Waals surface area contributed by atoms with Crippen molar-refractivity contribution in [2.75, 3.05) is 13.7 Å². The summed E-state index contributed by atoms with van der Waals surface area (Å²) in [6, 6.07) is 23.0. The molecule has 3 aromatic rings. The number of hydroxylamine groups is 1. The van der Waals surface area contributed by atoms with Crippen LogP contribution in [-0.4, -0.2) is 41.6 Å². The SMILES string of the molecule is COCc1cc(C2=NC(c3cccc(CN(CCC(=O)O)C(C)C)c3)NO2)ccc1-c1ccccc1C. The lowest BCUT2D eigenvalue weighted by Gasteiger charge is -2.26. The van der Waals surface area contributed by atoms with E-state index in [0.717, 1.165) is 27.8 Å². The normalized spacial score (nSPS) is 15.2. The van der Waals surface area contributed by atoms with E-state index in [1.807, 2.05) is 30.3 Å². The van der Waals surface area contributed by atoms with Gasteiger partial charge in [-0.15, -0.1) is 5.48 Å². The minimum absolute atomic E-state index is 0.122. The Morgan fingerprint density at radius 2 is 1.92 bits per heavy atom. The van der Waals surface area contributed by atoms with E-state index < -0.39 is 5.97 Å². The summed E-state index contributed by atoms with van der Waals surface area (Å²) in [7, 11) is 1.70. The highest BCUT2D eigenvalue weighted by Crippen LogP contribution is 2.30. The van der Waals surface area contributed by atoms with E-state index in [0.29, 0.717) is 25.6 Å². The lowest BCUT2D eigenvalue weighted by Crippen LogP contribution is -2.32. The number of benzene rings is 3. The summed E-state index contributed by atoms with van der Waals surface area (Å²) < 4.78 is 5.50. The molecule has 1 atom stereocenters. The van der Waals surface area contributed by atoms with Crippen LogP contribution in [0.25, 0.3) is 11.1 Å². The van der Waals surface area contributed by atoms with Crippen molar-refractivity contribution < 1.29 is 19.5 Å². The number of ether oxygens (including phenoxy) is 1. The molecule has 0 saturated heterocycles. The minimum atomic E-state index is -0.783. The maximum absolute atomic E-state index is 11.0. The van der Waals surface area contributed by atoms with Gasteiger partial charge in [0.1, 0.15) is 0 Å². The van der Waals surface area contributed by atoms with Gasteiger partial charge < -0.3 is 14.7 Å².